The van der Waals surface area contributed by atoms with E-state index in [9.17, 15) is 9.18 Å². The van der Waals surface area contributed by atoms with E-state index in [2.05, 4.69) is 5.32 Å². The van der Waals surface area contributed by atoms with Gasteiger partial charge >= 0.3 is 0 Å². The van der Waals surface area contributed by atoms with E-state index in [1.807, 2.05) is 0 Å². The third kappa shape index (κ3) is 3.44. The van der Waals surface area contributed by atoms with Crippen LogP contribution in [0.25, 0.3) is 0 Å². The molecular formula is C15H14ClFN2O2. The summed E-state index contributed by atoms with van der Waals surface area (Å²) < 4.78 is 19.1. The molecule has 0 aromatic heterocycles. The SMILES string of the molecule is CNC(=O)c1ccc(N)c(OCc2c(F)cccc2Cl)c1. The molecule has 0 radical (unpaired) electrons. The van der Waals surface area contributed by atoms with Crippen molar-refractivity contribution in [3.63, 3.8) is 0 Å². The molecule has 21 heavy (non-hydrogen) atoms. The Morgan fingerprint density at radius 3 is 2.81 bits per heavy atom. The van der Waals surface area contributed by atoms with Crippen LogP contribution in [0.3, 0.4) is 0 Å². The van der Waals surface area contributed by atoms with Crippen LogP contribution < -0.4 is 15.8 Å². The van der Waals surface area contributed by atoms with Gasteiger partial charge in [-0.05, 0) is 30.3 Å². The van der Waals surface area contributed by atoms with Crippen molar-refractivity contribution in [1.29, 1.82) is 0 Å². The van der Waals surface area contributed by atoms with Gasteiger partial charge in [-0.2, -0.15) is 0 Å². The number of nitrogen functional groups attached to an aromatic ring is 1. The predicted octanol–water partition coefficient (Wildman–Crippen LogP) is 3.00. The number of benzene rings is 2. The number of nitrogens with one attached hydrogen (secondary N) is 1. The second-order valence-electron chi connectivity index (χ2n) is 4.32. The summed E-state index contributed by atoms with van der Waals surface area (Å²) in [5.74, 6) is -0.414. The maximum atomic E-state index is 13.7. The van der Waals surface area contributed by atoms with Crippen molar-refractivity contribution in [3.05, 3.63) is 58.4 Å². The average molecular weight is 309 g/mol. The molecule has 0 saturated carbocycles. The van der Waals surface area contributed by atoms with Gasteiger partial charge < -0.3 is 15.8 Å². The topological polar surface area (TPSA) is 64.4 Å². The van der Waals surface area contributed by atoms with Gasteiger partial charge in [0.15, 0.2) is 0 Å². The molecule has 0 unspecified atom stereocenters. The van der Waals surface area contributed by atoms with E-state index in [1.165, 1.54) is 25.2 Å². The van der Waals surface area contributed by atoms with Crippen LogP contribution in [0.4, 0.5) is 10.1 Å². The van der Waals surface area contributed by atoms with Gasteiger partial charge in [0.05, 0.1) is 10.7 Å². The molecule has 1 amide bonds. The zero-order chi connectivity index (χ0) is 15.4. The molecule has 0 fully saturated rings. The quantitative estimate of drug-likeness (QED) is 0.853. The molecule has 3 N–H and O–H groups in total. The van der Waals surface area contributed by atoms with Crippen LogP contribution in [0, 0.1) is 5.82 Å². The Hall–Kier alpha value is -2.27. The molecule has 0 heterocycles. The molecule has 2 aromatic rings. The van der Waals surface area contributed by atoms with Crippen molar-refractivity contribution in [2.75, 3.05) is 12.8 Å². The van der Waals surface area contributed by atoms with Crippen LogP contribution in [0.5, 0.6) is 5.75 Å². The van der Waals surface area contributed by atoms with Crippen LogP contribution in [0.15, 0.2) is 36.4 Å². The number of ether oxygens (including phenoxy) is 1. The number of halogens is 2. The fraction of sp³-hybridized carbons (Fsp3) is 0.133. The molecule has 6 heteroatoms. The third-order valence-corrected chi connectivity index (χ3v) is 3.29. The van der Waals surface area contributed by atoms with E-state index in [0.717, 1.165) is 0 Å². The van der Waals surface area contributed by atoms with Crippen molar-refractivity contribution in [3.8, 4) is 5.75 Å². The number of carbonyl (C=O) groups excluding carboxylic acids is 1. The summed E-state index contributed by atoms with van der Waals surface area (Å²) in [6.45, 7) is -0.0765. The summed E-state index contributed by atoms with van der Waals surface area (Å²) in [7, 11) is 1.53. The number of rotatable bonds is 4. The summed E-state index contributed by atoms with van der Waals surface area (Å²) in [6.07, 6.45) is 0. The van der Waals surface area contributed by atoms with Gasteiger partial charge in [-0.1, -0.05) is 17.7 Å². The van der Waals surface area contributed by atoms with Crippen LogP contribution >= 0.6 is 11.6 Å². The lowest BCUT2D eigenvalue weighted by atomic mass is 10.1. The van der Waals surface area contributed by atoms with Crippen molar-refractivity contribution in [2.24, 2.45) is 0 Å². The van der Waals surface area contributed by atoms with Gasteiger partial charge in [-0.25, -0.2) is 4.39 Å². The Bertz CT molecular complexity index is 656. The van der Waals surface area contributed by atoms with Gasteiger partial charge in [-0.15, -0.1) is 0 Å². The third-order valence-electron chi connectivity index (χ3n) is 2.94. The summed E-state index contributed by atoms with van der Waals surface area (Å²) in [4.78, 5) is 11.6. The molecule has 0 aliphatic rings. The highest BCUT2D eigenvalue weighted by atomic mass is 35.5. The fourth-order valence-corrected chi connectivity index (χ4v) is 1.98. The number of hydrogen-bond donors (Lipinski definition) is 2. The summed E-state index contributed by atoms with van der Waals surface area (Å²) in [6, 6.07) is 9.03. The van der Waals surface area contributed by atoms with Crippen molar-refractivity contribution in [1.82, 2.24) is 5.32 Å². The van der Waals surface area contributed by atoms with Crippen LogP contribution in [0.1, 0.15) is 15.9 Å². The Morgan fingerprint density at radius 1 is 1.38 bits per heavy atom. The maximum absolute atomic E-state index is 13.7. The largest absolute Gasteiger partial charge is 0.487 e. The van der Waals surface area contributed by atoms with Crippen molar-refractivity contribution < 1.29 is 13.9 Å². The highest BCUT2D eigenvalue weighted by Gasteiger charge is 2.11. The van der Waals surface area contributed by atoms with Crippen molar-refractivity contribution >= 4 is 23.2 Å². The van der Waals surface area contributed by atoms with Crippen LogP contribution in [-0.4, -0.2) is 13.0 Å². The minimum absolute atomic E-state index is 0.0765. The first kappa shape index (κ1) is 15.1. The number of nitrogens with two attached hydrogens (primary N) is 1. The Balaban J connectivity index is 2.22. The second-order valence-corrected chi connectivity index (χ2v) is 4.73. The van der Waals surface area contributed by atoms with Gasteiger partial charge in [0.1, 0.15) is 18.2 Å². The van der Waals surface area contributed by atoms with Crippen LogP contribution in [0.2, 0.25) is 5.02 Å². The van der Waals surface area contributed by atoms with Gasteiger partial charge in [-0.3, -0.25) is 4.79 Å². The van der Waals surface area contributed by atoms with Gasteiger partial charge in [0.2, 0.25) is 0 Å². The summed E-state index contributed by atoms with van der Waals surface area (Å²) in [5, 5.41) is 2.78. The Kier molecular flexibility index (Phi) is 4.65. The van der Waals surface area contributed by atoms with E-state index in [1.54, 1.807) is 18.2 Å². The molecule has 0 aliphatic heterocycles. The Labute approximate surface area is 126 Å². The van der Waals surface area contributed by atoms with Crippen LogP contribution in [-0.2, 0) is 6.61 Å². The van der Waals surface area contributed by atoms with E-state index in [4.69, 9.17) is 22.1 Å². The average Bonchev–Trinajstić information content (AvgIpc) is 2.47. The van der Waals surface area contributed by atoms with E-state index >= 15 is 0 Å². The Morgan fingerprint density at radius 2 is 2.14 bits per heavy atom. The standard InChI is InChI=1S/C15H14ClFN2O2/c1-19-15(20)9-5-6-13(18)14(7-9)21-8-10-11(16)3-2-4-12(10)17/h2-7H,8,18H2,1H3,(H,19,20). The molecule has 2 rings (SSSR count). The molecule has 0 aliphatic carbocycles. The molecule has 2 aromatic carbocycles. The number of amides is 1. The van der Waals surface area contributed by atoms with E-state index in [-0.39, 0.29) is 23.1 Å². The lowest BCUT2D eigenvalue weighted by Gasteiger charge is -2.12. The van der Waals surface area contributed by atoms with Gasteiger partial charge in [0, 0.05) is 18.2 Å². The lowest BCUT2D eigenvalue weighted by molar-refractivity contribution is 0.0962. The smallest absolute Gasteiger partial charge is 0.251 e. The molecule has 0 atom stereocenters. The highest BCUT2D eigenvalue weighted by molar-refractivity contribution is 6.31. The summed E-state index contributed by atoms with van der Waals surface area (Å²) >= 11 is 5.92. The fourth-order valence-electron chi connectivity index (χ4n) is 1.77. The normalized spacial score (nSPS) is 10.2. The molecule has 0 saturated heterocycles. The maximum Gasteiger partial charge on any atom is 0.251 e. The first-order valence-corrected chi connectivity index (χ1v) is 6.58. The minimum Gasteiger partial charge on any atom is -0.487 e. The monoisotopic (exact) mass is 308 g/mol. The number of anilines is 1. The molecule has 110 valence electrons. The summed E-state index contributed by atoms with van der Waals surface area (Å²) in [5.41, 5.74) is 6.79. The lowest BCUT2D eigenvalue weighted by Crippen LogP contribution is -2.17. The highest BCUT2D eigenvalue weighted by Crippen LogP contribution is 2.26. The molecular weight excluding hydrogens is 295 g/mol. The number of hydrogen-bond acceptors (Lipinski definition) is 3. The number of carbonyl (C=O) groups is 1. The zero-order valence-corrected chi connectivity index (χ0v) is 12.1. The van der Waals surface area contributed by atoms with E-state index < -0.39 is 5.82 Å². The minimum atomic E-state index is -0.455. The first-order valence-electron chi connectivity index (χ1n) is 6.20. The molecule has 0 spiro atoms. The molecule has 0 bridgehead atoms. The molecule has 4 nitrogen and oxygen atoms in total. The second kappa shape index (κ2) is 6.45. The first-order chi connectivity index (χ1) is 10.0. The van der Waals surface area contributed by atoms with Gasteiger partial charge in [0.25, 0.3) is 5.91 Å². The predicted molar refractivity (Wildman–Crippen MR) is 80.0 cm³/mol. The van der Waals surface area contributed by atoms with E-state index in [0.29, 0.717) is 17.0 Å². The zero-order valence-electron chi connectivity index (χ0n) is 11.3. The van der Waals surface area contributed by atoms with Crippen molar-refractivity contribution in [2.45, 2.75) is 6.61 Å².